The first-order valence-electron chi connectivity index (χ1n) is 18.1. The Labute approximate surface area is 317 Å². The van der Waals surface area contributed by atoms with E-state index in [1.807, 2.05) is 67.3 Å². The van der Waals surface area contributed by atoms with Crippen LogP contribution in [0.3, 0.4) is 0 Å². The lowest BCUT2D eigenvalue weighted by Gasteiger charge is -2.16. The topological polar surface area (TPSA) is 82.3 Å². The molecule has 0 atom stereocenters. The molecule has 0 N–H and O–H groups in total. The average Bonchev–Trinajstić information content (AvgIpc) is 3.71. The van der Waals surface area contributed by atoms with Crippen LogP contribution in [0.25, 0.3) is 94.8 Å². The minimum atomic E-state index is 0.754. The number of fused-ring (bicyclic) bond motifs is 2. The van der Waals surface area contributed by atoms with Crippen LogP contribution in [0.2, 0.25) is 0 Å². The molecule has 0 aliphatic rings. The number of pyridine rings is 4. The van der Waals surface area contributed by atoms with Gasteiger partial charge >= 0.3 is 0 Å². The quantitative estimate of drug-likeness (QED) is 0.164. The Morgan fingerprint density at radius 1 is 0.345 bits per heavy atom. The molecule has 0 amide bonds. The summed E-state index contributed by atoms with van der Waals surface area (Å²) >= 11 is 0. The largest absolute Gasteiger partial charge is 0.275 e. The molecule has 0 aliphatic heterocycles. The van der Waals surface area contributed by atoms with Crippen molar-refractivity contribution in [3.63, 3.8) is 0 Å². The number of para-hydroxylation sites is 1. The monoisotopic (exact) mass is 705 g/mol. The number of benzene rings is 5. The lowest BCUT2D eigenvalue weighted by Crippen LogP contribution is -2.01. The van der Waals surface area contributed by atoms with Crippen LogP contribution in [0.5, 0.6) is 0 Å². The SMILES string of the molecule is c1ccc(-n2c(-c3ccc(-c4cncc(-c5ccccn5)c4)c4ccccc34)nnc2-c2ccc(-c3cncc(-c4ccccn4)c3)c3ccccc23)cc1. The van der Waals surface area contributed by atoms with Crippen molar-refractivity contribution in [2.75, 3.05) is 0 Å². The van der Waals surface area contributed by atoms with Gasteiger partial charge in [0.25, 0.3) is 0 Å². The van der Waals surface area contributed by atoms with Crippen molar-refractivity contribution in [2.24, 2.45) is 0 Å². The zero-order chi connectivity index (χ0) is 36.6. The first-order chi connectivity index (χ1) is 27.3. The summed E-state index contributed by atoms with van der Waals surface area (Å²) in [6.07, 6.45) is 11.2. The van der Waals surface area contributed by atoms with Gasteiger partial charge in [0.2, 0.25) is 0 Å². The predicted molar refractivity (Wildman–Crippen MR) is 220 cm³/mol. The molecule has 0 bridgehead atoms. The molecule has 0 unspecified atom stereocenters. The molecule has 10 rings (SSSR count). The molecule has 0 saturated heterocycles. The highest BCUT2D eigenvalue weighted by molar-refractivity contribution is 6.06. The van der Waals surface area contributed by atoms with Crippen LogP contribution in [0.1, 0.15) is 0 Å². The van der Waals surface area contributed by atoms with Gasteiger partial charge in [0.05, 0.1) is 11.4 Å². The molecule has 0 aliphatic carbocycles. The summed E-state index contributed by atoms with van der Waals surface area (Å²) in [4.78, 5) is 18.3. The van der Waals surface area contributed by atoms with E-state index in [0.29, 0.717) is 0 Å². The van der Waals surface area contributed by atoms with Crippen LogP contribution < -0.4 is 0 Å². The summed E-state index contributed by atoms with van der Waals surface area (Å²) in [5.74, 6) is 1.51. The first-order valence-corrected chi connectivity index (χ1v) is 18.1. The molecular weight excluding hydrogens is 675 g/mol. The Bertz CT molecular complexity index is 2790. The van der Waals surface area contributed by atoms with Crippen LogP contribution in [0, 0.1) is 0 Å². The molecule has 5 aromatic carbocycles. The van der Waals surface area contributed by atoms with E-state index < -0.39 is 0 Å². The highest BCUT2D eigenvalue weighted by Crippen LogP contribution is 2.40. The Balaban J connectivity index is 1.13. The molecule has 0 spiro atoms. The summed E-state index contributed by atoms with van der Waals surface area (Å²) in [6.45, 7) is 0. The van der Waals surface area contributed by atoms with Crippen LogP contribution in [0.15, 0.2) is 189 Å². The maximum atomic E-state index is 4.95. The van der Waals surface area contributed by atoms with Gasteiger partial charge in [0.15, 0.2) is 11.6 Å². The fraction of sp³-hybridized carbons (Fsp3) is 0. The highest BCUT2D eigenvalue weighted by atomic mass is 15.3. The van der Waals surface area contributed by atoms with Crippen LogP contribution >= 0.6 is 0 Å². The minimum absolute atomic E-state index is 0.754. The van der Waals surface area contributed by atoms with Crippen molar-refractivity contribution in [2.45, 2.75) is 0 Å². The van der Waals surface area contributed by atoms with E-state index >= 15 is 0 Å². The first kappa shape index (κ1) is 32.0. The normalized spacial score (nSPS) is 11.3. The summed E-state index contributed by atoms with van der Waals surface area (Å²) in [5, 5.41) is 14.2. The van der Waals surface area contributed by atoms with Gasteiger partial charge in [-0.05, 0) is 93.3 Å². The van der Waals surface area contributed by atoms with Gasteiger partial charge in [-0.15, -0.1) is 10.2 Å². The summed E-state index contributed by atoms with van der Waals surface area (Å²) in [5.41, 5.74) is 10.8. The fourth-order valence-electron chi connectivity index (χ4n) is 7.47. The van der Waals surface area contributed by atoms with Crippen LogP contribution in [0.4, 0.5) is 0 Å². The van der Waals surface area contributed by atoms with Crippen molar-refractivity contribution < 1.29 is 0 Å². The third kappa shape index (κ3) is 5.81. The molecule has 0 fully saturated rings. The summed E-state index contributed by atoms with van der Waals surface area (Å²) in [7, 11) is 0. The second kappa shape index (κ2) is 13.7. The molecular formula is C48H31N7. The van der Waals surface area contributed by atoms with E-state index in [1.165, 1.54) is 0 Å². The molecule has 258 valence electrons. The molecule has 7 nitrogen and oxygen atoms in total. The third-order valence-electron chi connectivity index (χ3n) is 10.0. The van der Waals surface area contributed by atoms with Crippen molar-refractivity contribution in [1.82, 2.24) is 34.7 Å². The minimum Gasteiger partial charge on any atom is -0.275 e. The van der Waals surface area contributed by atoms with Crippen molar-refractivity contribution in [3.8, 4) is 73.2 Å². The van der Waals surface area contributed by atoms with Crippen molar-refractivity contribution in [3.05, 3.63) is 189 Å². The van der Waals surface area contributed by atoms with Crippen molar-refractivity contribution in [1.29, 1.82) is 0 Å². The van der Waals surface area contributed by atoms with Gasteiger partial charge in [-0.2, -0.15) is 0 Å². The molecule has 10 aromatic rings. The van der Waals surface area contributed by atoms with Gasteiger partial charge in [-0.25, -0.2) is 0 Å². The average molecular weight is 706 g/mol. The van der Waals surface area contributed by atoms with E-state index in [9.17, 15) is 0 Å². The second-order valence-corrected chi connectivity index (χ2v) is 13.3. The Kier molecular flexibility index (Phi) is 8.00. The Morgan fingerprint density at radius 3 is 1.20 bits per heavy atom. The van der Waals surface area contributed by atoms with Gasteiger partial charge < -0.3 is 0 Å². The van der Waals surface area contributed by atoms with E-state index in [0.717, 1.165) is 94.8 Å². The van der Waals surface area contributed by atoms with Crippen molar-refractivity contribution >= 4 is 21.5 Å². The standard InChI is InChI=1S/C48H31N7/c1-2-12-36(13-3-1)55-47(43-22-20-37(39-14-4-6-16-41(39)43)32-26-34(30-49-28-32)45-18-8-10-24-51-45)53-54-48(55)44-23-21-38(40-15-5-7-17-42(40)44)33-27-35(31-50-29-33)46-19-9-11-25-52-46/h1-31H. The highest BCUT2D eigenvalue weighted by Gasteiger charge is 2.22. The van der Waals surface area contributed by atoms with Crippen LogP contribution in [-0.2, 0) is 0 Å². The molecule has 55 heavy (non-hydrogen) atoms. The van der Waals surface area contributed by atoms with E-state index in [1.54, 1.807) is 12.4 Å². The molecule has 5 heterocycles. The van der Waals surface area contributed by atoms with Gasteiger partial charge in [0.1, 0.15) is 0 Å². The lowest BCUT2D eigenvalue weighted by atomic mass is 9.94. The number of hydrogen-bond acceptors (Lipinski definition) is 6. The Morgan fingerprint density at radius 2 is 0.745 bits per heavy atom. The number of rotatable bonds is 7. The van der Waals surface area contributed by atoms with E-state index in [2.05, 4.69) is 134 Å². The predicted octanol–water partition coefficient (Wildman–Crippen LogP) is 11.2. The van der Waals surface area contributed by atoms with E-state index in [4.69, 9.17) is 10.2 Å². The molecule has 0 radical (unpaired) electrons. The maximum Gasteiger partial charge on any atom is 0.169 e. The van der Waals surface area contributed by atoms with Crippen LogP contribution in [-0.4, -0.2) is 34.7 Å². The zero-order valence-electron chi connectivity index (χ0n) is 29.5. The molecule has 5 aromatic heterocycles. The van der Waals surface area contributed by atoms with E-state index in [-0.39, 0.29) is 0 Å². The second-order valence-electron chi connectivity index (χ2n) is 13.3. The lowest BCUT2D eigenvalue weighted by molar-refractivity contribution is 1.08. The molecule has 0 saturated carbocycles. The van der Waals surface area contributed by atoms with Gasteiger partial charge in [-0.3, -0.25) is 24.5 Å². The third-order valence-corrected chi connectivity index (χ3v) is 10.0. The number of nitrogens with zero attached hydrogens (tertiary/aromatic N) is 7. The number of hydrogen-bond donors (Lipinski definition) is 0. The smallest absolute Gasteiger partial charge is 0.169 e. The Hall–Kier alpha value is -7.64. The zero-order valence-corrected chi connectivity index (χ0v) is 29.5. The maximum absolute atomic E-state index is 4.95. The summed E-state index contributed by atoms with van der Waals surface area (Å²) < 4.78 is 2.18. The van der Waals surface area contributed by atoms with Gasteiger partial charge in [0, 0.05) is 76.2 Å². The van der Waals surface area contributed by atoms with Gasteiger partial charge in [-0.1, -0.05) is 91.0 Å². The fourth-order valence-corrected chi connectivity index (χ4v) is 7.47. The number of aromatic nitrogens is 7. The summed E-state index contributed by atoms with van der Waals surface area (Å²) in [6, 6.07) is 52.1. The molecule has 7 heteroatoms.